The van der Waals surface area contributed by atoms with Crippen molar-refractivity contribution in [1.29, 1.82) is 0 Å². The first-order valence-electron chi connectivity index (χ1n) is 5.68. The second-order valence-electron chi connectivity index (χ2n) is 4.00. The lowest BCUT2D eigenvalue weighted by Crippen LogP contribution is -2.02. The van der Waals surface area contributed by atoms with Gasteiger partial charge in [0.2, 0.25) is 5.88 Å². The zero-order valence-corrected chi connectivity index (χ0v) is 9.83. The molecule has 0 amide bonds. The van der Waals surface area contributed by atoms with Gasteiger partial charge in [0, 0.05) is 6.07 Å². The van der Waals surface area contributed by atoms with E-state index in [1.54, 1.807) is 6.07 Å². The van der Waals surface area contributed by atoms with Crippen molar-refractivity contribution in [2.24, 2.45) is 0 Å². The zero-order valence-electron chi connectivity index (χ0n) is 9.83. The molecule has 0 atom stereocenters. The van der Waals surface area contributed by atoms with Crippen LogP contribution in [0.1, 0.15) is 26.4 Å². The van der Waals surface area contributed by atoms with E-state index >= 15 is 0 Å². The number of carbonyl (C=O) groups excluding carboxylic acids is 2. The standard InChI is InChI=1S/C14H9NO4/c16-13-10-6-7-11(15-12(10)14(17)19-13)18-8-9-4-2-1-3-5-9/h1-7H,8H2. The van der Waals surface area contributed by atoms with E-state index in [2.05, 4.69) is 9.72 Å². The van der Waals surface area contributed by atoms with Crippen LogP contribution < -0.4 is 4.74 Å². The van der Waals surface area contributed by atoms with Crippen LogP contribution in [0.4, 0.5) is 0 Å². The van der Waals surface area contributed by atoms with Crippen LogP contribution in [-0.4, -0.2) is 16.9 Å². The molecular weight excluding hydrogens is 246 g/mol. The summed E-state index contributed by atoms with van der Waals surface area (Å²) in [6.07, 6.45) is 0. The van der Waals surface area contributed by atoms with E-state index in [0.717, 1.165) is 5.56 Å². The summed E-state index contributed by atoms with van der Waals surface area (Å²) < 4.78 is 9.92. The molecule has 5 heteroatoms. The molecule has 1 aliphatic rings. The lowest BCUT2D eigenvalue weighted by Gasteiger charge is -2.05. The Hall–Kier alpha value is -2.69. The monoisotopic (exact) mass is 255 g/mol. The Labute approximate surface area is 108 Å². The van der Waals surface area contributed by atoms with Crippen molar-refractivity contribution in [3.8, 4) is 5.88 Å². The molecule has 1 aromatic carbocycles. The molecule has 3 rings (SSSR count). The number of ether oxygens (including phenoxy) is 2. The second kappa shape index (κ2) is 4.53. The van der Waals surface area contributed by atoms with Crippen LogP contribution >= 0.6 is 0 Å². The Bertz CT molecular complexity index is 652. The fourth-order valence-corrected chi connectivity index (χ4v) is 1.76. The lowest BCUT2D eigenvalue weighted by atomic mass is 10.2. The van der Waals surface area contributed by atoms with Gasteiger partial charge in [-0.2, -0.15) is 0 Å². The first-order chi connectivity index (χ1) is 9.24. The molecule has 0 aliphatic carbocycles. The molecule has 5 nitrogen and oxygen atoms in total. The van der Waals surface area contributed by atoms with Crippen molar-refractivity contribution in [3.05, 3.63) is 59.3 Å². The Morgan fingerprint density at radius 2 is 1.79 bits per heavy atom. The molecule has 0 radical (unpaired) electrons. The van der Waals surface area contributed by atoms with E-state index in [1.165, 1.54) is 6.07 Å². The van der Waals surface area contributed by atoms with Gasteiger partial charge < -0.3 is 9.47 Å². The van der Waals surface area contributed by atoms with Crippen LogP contribution in [0.5, 0.6) is 5.88 Å². The van der Waals surface area contributed by atoms with E-state index < -0.39 is 11.9 Å². The number of hydrogen-bond acceptors (Lipinski definition) is 5. The van der Waals surface area contributed by atoms with Gasteiger partial charge in [0.05, 0.1) is 5.56 Å². The van der Waals surface area contributed by atoms with Crippen LogP contribution in [-0.2, 0) is 11.3 Å². The third kappa shape index (κ3) is 2.18. The number of fused-ring (bicyclic) bond motifs is 1. The summed E-state index contributed by atoms with van der Waals surface area (Å²) in [5, 5.41) is 0. The first-order valence-corrected chi connectivity index (χ1v) is 5.68. The summed E-state index contributed by atoms with van der Waals surface area (Å²) in [5.74, 6) is -1.11. The Kier molecular flexibility index (Phi) is 2.72. The smallest absolute Gasteiger partial charge is 0.365 e. The highest BCUT2D eigenvalue weighted by atomic mass is 16.6. The van der Waals surface area contributed by atoms with Gasteiger partial charge in [-0.3, -0.25) is 0 Å². The molecule has 0 bridgehead atoms. The third-order valence-corrected chi connectivity index (χ3v) is 2.70. The number of aromatic nitrogens is 1. The average Bonchev–Trinajstić information content (AvgIpc) is 2.73. The number of hydrogen-bond donors (Lipinski definition) is 0. The minimum absolute atomic E-state index is 0.00978. The van der Waals surface area contributed by atoms with Crippen molar-refractivity contribution >= 4 is 11.9 Å². The number of carbonyl (C=O) groups is 2. The number of cyclic esters (lactones) is 2. The predicted molar refractivity (Wildman–Crippen MR) is 64.8 cm³/mol. The SMILES string of the molecule is O=C1OC(=O)c2nc(OCc3ccccc3)ccc21. The molecule has 1 aliphatic heterocycles. The van der Waals surface area contributed by atoms with Gasteiger partial charge in [0.25, 0.3) is 0 Å². The number of esters is 2. The minimum Gasteiger partial charge on any atom is -0.473 e. The zero-order chi connectivity index (χ0) is 13.2. The van der Waals surface area contributed by atoms with Gasteiger partial charge in [-0.25, -0.2) is 14.6 Å². The number of nitrogens with zero attached hydrogens (tertiary/aromatic N) is 1. The summed E-state index contributed by atoms with van der Waals surface area (Å²) in [7, 11) is 0. The normalized spacial score (nSPS) is 13.1. The highest BCUT2D eigenvalue weighted by molar-refractivity contribution is 6.13. The first kappa shape index (κ1) is 11.4. The van der Waals surface area contributed by atoms with Crippen LogP contribution in [0.15, 0.2) is 42.5 Å². The van der Waals surface area contributed by atoms with Crippen LogP contribution in [0.2, 0.25) is 0 Å². The van der Waals surface area contributed by atoms with E-state index in [1.807, 2.05) is 30.3 Å². The summed E-state index contributed by atoms with van der Waals surface area (Å²) in [4.78, 5) is 26.6. The average molecular weight is 255 g/mol. The molecule has 0 saturated carbocycles. The molecule has 0 unspecified atom stereocenters. The van der Waals surface area contributed by atoms with Gasteiger partial charge in [-0.1, -0.05) is 30.3 Å². The summed E-state index contributed by atoms with van der Waals surface area (Å²) >= 11 is 0. The summed E-state index contributed by atoms with van der Waals surface area (Å²) in [6, 6.07) is 12.6. The molecule has 0 N–H and O–H groups in total. The predicted octanol–water partition coefficient (Wildman–Crippen LogP) is 1.97. The molecule has 94 valence electrons. The number of pyridine rings is 1. The molecule has 2 heterocycles. The fourth-order valence-electron chi connectivity index (χ4n) is 1.76. The van der Waals surface area contributed by atoms with E-state index in [-0.39, 0.29) is 17.1 Å². The van der Waals surface area contributed by atoms with Gasteiger partial charge in [0.1, 0.15) is 6.61 Å². The number of benzene rings is 1. The maximum Gasteiger partial charge on any atom is 0.365 e. The minimum atomic E-state index is -0.731. The fraction of sp³-hybridized carbons (Fsp3) is 0.0714. The van der Waals surface area contributed by atoms with Gasteiger partial charge in [-0.05, 0) is 11.6 Å². The molecule has 2 aromatic rings. The van der Waals surface area contributed by atoms with Gasteiger partial charge >= 0.3 is 11.9 Å². The molecular formula is C14H9NO4. The number of rotatable bonds is 3. The largest absolute Gasteiger partial charge is 0.473 e. The highest BCUT2D eigenvalue weighted by Crippen LogP contribution is 2.21. The van der Waals surface area contributed by atoms with Crippen molar-refractivity contribution in [3.63, 3.8) is 0 Å². The Morgan fingerprint density at radius 1 is 1.00 bits per heavy atom. The van der Waals surface area contributed by atoms with E-state index in [4.69, 9.17) is 4.74 Å². The van der Waals surface area contributed by atoms with Gasteiger partial charge in [0.15, 0.2) is 5.69 Å². The molecule has 1 aromatic heterocycles. The van der Waals surface area contributed by atoms with E-state index in [0.29, 0.717) is 6.61 Å². The second-order valence-corrected chi connectivity index (χ2v) is 4.00. The van der Waals surface area contributed by atoms with Crippen molar-refractivity contribution in [1.82, 2.24) is 4.98 Å². The van der Waals surface area contributed by atoms with E-state index in [9.17, 15) is 9.59 Å². The quantitative estimate of drug-likeness (QED) is 0.619. The summed E-state index contributed by atoms with van der Waals surface area (Å²) in [6.45, 7) is 0.343. The Balaban J connectivity index is 1.78. The summed E-state index contributed by atoms with van der Waals surface area (Å²) in [5.41, 5.74) is 1.18. The van der Waals surface area contributed by atoms with Crippen molar-refractivity contribution < 1.29 is 19.1 Å². The van der Waals surface area contributed by atoms with Crippen LogP contribution in [0.3, 0.4) is 0 Å². The maximum atomic E-state index is 11.3. The molecule has 0 spiro atoms. The molecule has 0 fully saturated rings. The van der Waals surface area contributed by atoms with Crippen molar-refractivity contribution in [2.75, 3.05) is 0 Å². The van der Waals surface area contributed by atoms with Crippen LogP contribution in [0.25, 0.3) is 0 Å². The molecule has 19 heavy (non-hydrogen) atoms. The van der Waals surface area contributed by atoms with Crippen LogP contribution in [0, 0.1) is 0 Å². The Morgan fingerprint density at radius 3 is 2.58 bits per heavy atom. The third-order valence-electron chi connectivity index (χ3n) is 2.70. The highest BCUT2D eigenvalue weighted by Gasteiger charge is 2.31. The van der Waals surface area contributed by atoms with Crippen molar-refractivity contribution in [2.45, 2.75) is 6.61 Å². The molecule has 0 saturated heterocycles. The maximum absolute atomic E-state index is 11.3. The lowest BCUT2D eigenvalue weighted by molar-refractivity contribution is 0.0441. The topological polar surface area (TPSA) is 65.5 Å². The van der Waals surface area contributed by atoms with Gasteiger partial charge in [-0.15, -0.1) is 0 Å².